The molecule has 176 valence electrons. The summed E-state index contributed by atoms with van der Waals surface area (Å²) in [5.41, 5.74) is 1.92. The summed E-state index contributed by atoms with van der Waals surface area (Å²) in [4.78, 5) is 36.5. The van der Waals surface area contributed by atoms with Crippen LogP contribution in [0.15, 0.2) is 47.4 Å². The van der Waals surface area contributed by atoms with Crippen molar-refractivity contribution in [3.05, 3.63) is 63.7 Å². The molecule has 1 aliphatic rings. The number of anilines is 1. The number of sulfonamides is 1. The predicted octanol–water partition coefficient (Wildman–Crippen LogP) is 1.43. The van der Waals surface area contributed by atoms with E-state index < -0.39 is 39.3 Å². The van der Waals surface area contributed by atoms with Gasteiger partial charge in [0.1, 0.15) is 12.2 Å². The average Bonchev–Trinajstić information content (AvgIpc) is 2.81. The Bertz CT molecular complexity index is 1180. The lowest BCUT2D eigenvalue weighted by Crippen LogP contribution is -2.43. The number of hydrogen-bond acceptors (Lipinski definition) is 8. The maximum Gasteiger partial charge on any atom is 0.321 e. The van der Waals surface area contributed by atoms with E-state index in [-0.39, 0.29) is 16.5 Å². The second-order valence-electron chi connectivity index (χ2n) is 7.42. The summed E-state index contributed by atoms with van der Waals surface area (Å²) in [6, 6.07) is 11.1. The summed E-state index contributed by atoms with van der Waals surface area (Å²) >= 11 is 0. The first-order chi connectivity index (χ1) is 15.6. The van der Waals surface area contributed by atoms with Crippen LogP contribution in [0.1, 0.15) is 18.1 Å². The largest absolute Gasteiger partial charge is 0.452 e. The Labute approximate surface area is 190 Å². The van der Waals surface area contributed by atoms with Crippen molar-refractivity contribution < 1.29 is 27.7 Å². The summed E-state index contributed by atoms with van der Waals surface area (Å²) in [5, 5.41) is 13.8. The average molecular weight is 477 g/mol. The van der Waals surface area contributed by atoms with E-state index in [2.05, 4.69) is 5.32 Å². The molecule has 0 spiro atoms. The van der Waals surface area contributed by atoms with Crippen LogP contribution in [0.3, 0.4) is 0 Å². The van der Waals surface area contributed by atoms with Crippen LogP contribution < -0.4 is 10.0 Å². The number of nitrogens with one attached hydrogen (secondary N) is 2. The van der Waals surface area contributed by atoms with E-state index in [1.807, 2.05) is 29.0 Å². The third-order valence-electron chi connectivity index (χ3n) is 5.25. The van der Waals surface area contributed by atoms with Crippen LogP contribution in [0, 0.1) is 10.1 Å². The van der Waals surface area contributed by atoms with Gasteiger partial charge in [0.15, 0.2) is 6.10 Å². The Hall–Kier alpha value is -3.51. The lowest BCUT2D eigenvalue weighted by Gasteiger charge is -2.30. The fourth-order valence-electron chi connectivity index (χ4n) is 3.51. The first-order valence-corrected chi connectivity index (χ1v) is 11.6. The quantitative estimate of drug-likeness (QED) is 0.330. The van der Waals surface area contributed by atoms with E-state index in [1.165, 1.54) is 31.7 Å². The first-order valence-electron chi connectivity index (χ1n) is 10.1. The Kier molecular flexibility index (Phi) is 7.29. The molecule has 1 atom stereocenters. The van der Waals surface area contributed by atoms with Gasteiger partial charge in [-0.05, 0) is 36.6 Å². The highest BCUT2D eigenvalue weighted by Gasteiger charge is 2.28. The van der Waals surface area contributed by atoms with Gasteiger partial charge in [0.2, 0.25) is 10.0 Å². The van der Waals surface area contributed by atoms with Crippen LogP contribution in [0.5, 0.6) is 0 Å². The topological polar surface area (TPSA) is 148 Å². The molecule has 0 saturated carbocycles. The third-order valence-corrected chi connectivity index (χ3v) is 6.65. The van der Waals surface area contributed by atoms with Crippen molar-refractivity contribution in [3.63, 3.8) is 0 Å². The van der Waals surface area contributed by atoms with E-state index in [9.17, 15) is 28.1 Å². The molecule has 0 radical (unpaired) electrons. The predicted molar refractivity (Wildman–Crippen MR) is 119 cm³/mol. The SMILES string of the molecule is CNc1ccc(S(=O)(=O)NCC(=O)OC(C)C(=O)N2CCc3ccccc3C2)cc1[N+](=O)[O-]. The van der Waals surface area contributed by atoms with Gasteiger partial charge in [-0.3, -0.25) is 19.7 Å². The number of carbonyl (C=O) groups is 2. The van der Waals surface area contributed by atoms with Gasteiger partial charge in [-0.2, -0.15) is 4.72 Å². The maximum absolute atomic E-state index is 12.7. The summed E-state index contributed by atoms with van der Waals surface area (Å²) in [5.74, 6) is -1.32. The van der Waals surface area contributed by atoms with Gasteiger partial charge in [0.25, 0.3) is 11.6 Å². The number of esters is 1. The van der Waals surface area contributed by atoms with Crippen LogP contribution >= 0.6 is 0 Å². The zero-order valence-electron chi connectivity index (χ0n) is 18.1. The number of carbonyl (C=O) groups excluding carboxylic acids is 2. The molecule has 1 aliphatic heterocycles. The Morgan fingerprint density at radius 3 is 2.58 bits per heavy atom. The second kappa shape index (κ2) is 9.96. The van der Waals surface area contributed by atoms with Crippen LogP contribution in [-0.2, 0) is 37.3 Å². The monoisotopic (exact) mass is 476 g/mol. The first kappa shape index (κ1) is 24.1. The molecular formula is C21H24N4O7S. The summed E-state index contributed by atoms with van der Waals surface area (Å²) < 4.78 is 32.1. The zero-order chi connectivity index (χ0) is 24.2. The summed E-state index contributed by atoms with van der Waals surface area (Å²) in [7, 11) is -2.76. The lowest BCUT2D eigenvalue weighted by molar-refractivity contribution is -0.384. The van der Waals surface area contributed by atoms with Crippen molar-refractivity contribution in [2.45, 2.75) is 30.9 Å². The smallest absolute Gasteiger partial charge is 0.321 e. The molecule has 2 aromatic carbocycles. The molecule has 0 aliphatic carbocycles. The van der Waals surface area contributed by atoms with Gasteiger partial charge < -0.3 is 15.0 Å². The highest BCUT2D eigenvalue weighted by Crippen LogP contribution is 2.27. The minimum Gasteiger partial charge on any atom is -0.452 e. The fourth-order valence-corrected chi connectivity index (χ4v) is 4.50. The van der Waals surface area contributed by atoms with E-state index >= 15 is 0 Å². The van der Waals surface area contributed by atoms with Crippen molar-refractivity contribution in [2.75, 3.05) is 25.5 Å². The van der Waals surface area contributed by atoms with E-state index in [4.69, 9.17) is 4.74 Å². The Balaban J connectivity index is 1.58. The number of nitro groups is 1. The molecule has 33 heavy (non-hydrogen) atoms. The molecule has 1 unspecified atom stereocenters. The van der Waals surface area contributed by atoms with Crippen LogP contribution in [-0.4, -0.2) is 56.4 Å². The molecule has 1 amide bonds. The van der Waals surface area contributed by atoms with Crippen LogP contribution in [0.2, 0.25) is 0 Å². The van der Waals surface area contributed by atoms with Crippen LogP contribution in [0.4, 0.5) is 11.4 Å². The number of nitrogens with zero attached hydrogens (tertiary/aromatic N) is 2. The summed E-state index contributed by atoms with van der Waals surface area (Å²) in [6.45, 7) is 1.59. The third kappa shape index (κ3) is 5.65. The normalized spacial score (nSPS) is 14.2. The standard InChI is InChI=1S/C21H24N4O7S/c1-14(21(27)24-10-9-15-5-3-4-6-16(15)13-24)32-20(26)12-23-33(30,31)17-7-8-18(22-2)19(11-17)25(28)29/h3-8,11,14,22-23H,9-10,12-13H2,1-2H3. The molecule has 0 fully saturated rings. The van der Waals surface area contributed by atoms with Crippen molar-refractivity contribution in [2.24, 2.45) is 0 Å². The molecule has 12 heteroatoms. The van der Waals surface area contributed by atoms with Gasteiger partial charge in [-0.1, -0.05) is 24.3 Å². The molecular weight excluding hydrogens is 452 g/mol. The number of nitro benzene ring substituents is 1. The van der Waals surface area contributed by atoms with Crippen molar-refractivity contribution in [3.8, 4) is 0 Å². The number of rotatable bonds is 8. The number of amides is 1. The number of fused-ring (bicyclic) bond motifs is 1. The molecule has 0 saturated heterocycles. The van der Waals surface area contributed by atoms with Gasteiger partial charge in [-0.25, -0.2) is 8.42 Å². The number of ether oxygens (including phenoxy) is 1. The molecule has 11 nitrogen and oxygen atoms in total. The number of benzene rings is 2. The fraction of sp³-hybridized carbons (Fsp3) is 0.333. The van der Waals surface area contributed by atoms with Gasteiger partial charge in [0.05, 0.1) is 9.82 Å². The minimum atomic E-state index is -4.22. The molecule has 1 heterocycles. The van der Waals surface area contributed by atoms with Gasteiger partial charge >= 0.3 is 5.97 Å². The van der Waals surface area contributed by atoms with E-state index in [1.54, 1.807) is 4.90 Å². The van der Waals surface area contributed by atoms with Crippen molar-refractivity contribution >= 4 is 33.3 Å². The van der Waals surface area contributed by atoms with Crippen molar-refractivity contribution in [1.29, 1.82) is 0 Å². The summed E-state index contributed by atoms with van der Waals surface area (Å²) in [6.07, 6.45) is -0.399. The van der Waals surface area contributed by atoms with Crippen LogP contribution in [0.25, 0.3) is 0 Å². The van der Waals surface area contributed by atoms with Gasteiger partial charge in [-0.15, -0.1) is 0 Å². The minimum absolute atomic E-state index is 0.144. The Morgan fingerprint density at radius 2 is 1.91 bits per heavy atom. The Morgan fingerprint density at radius 1 is 1.21 bits per heavy atom. The lowest BCUT2D eigenvalue weighted by atomic mass is 9.99. The number of hydrogen-bond donors (Lipinski definition) is 2. The highest BCUT2D eigenvalue weighted by atomic mass is 32.2. The molecule has 2 aromatic rings. The van der Waals surface area contributed by atoms with E-state index in [0.717, 1.165) is 11.6 Å². The van der Waals surface area contributed by atoms with Crippen molar-refractivity contribution in [1.82, 2.24) is 9.62 Å². The second-order valence-corrected chi connectivity index (χ2v) is 9.19. The van der Waals surface area contributed by atoms with Gasteiger partial charge in [0, 0.05) is 26.2 Å². The molecule has 3 rings (SSSR count). The maximum atomic E-state index is 12.7. The molecule has 0 bridgehead atoms. The zero-order valence-corrected chi connectivity index (χ0v) is 18.9. The molecule has 2 N–H and O–H groups in total. The molecule has 0 aromatic heterocycles. The highest BCUT2D eigenvalue weighted by molar-refractivity contribution is 7.89. The van der Waals surface area contributed by atoms with E-state index in [0.29, 0.717) is 19.5 Å².